The number of carbonyl (C=O) groups excluding carboxylic acids is 1. The van der Waals surface area contributed by atoms with Gasteiger partial charge in [-0.3, -0.25) is 9.59 Å². The van der Waals surface area contributed by atoms with Gasteiger partial charge in [0, 0.05) is 12.7 Å². The van der Waals surface area contributed by atoms with Gasteiger partial charge in [-0.15, -0.1) is 0 Å². The molecule has 1 unspecified atom stereocenters. The molecule has 1 atom stereocenters. The Bertz CT molecular complexity index is 508. The summed E-state index contributed by atoms with van der Waals surface area (Å²) in [6, 6.07) is 2.13. The Labute approximate surface area is 96.9 Å². The first-order chi connectivity index (χ1) is 8.11. The van der Waals surface area contributed by atoms with Crippen LogP contribution in [0, 0.1) is 0 Å². The molecule has 1 aromatic heterocycles. The molecule has 1 aromatic rings. The molecule has 1 aliphatic rings. The number of aliphatic carboxylic acids is 1. The zero-order valence-electron chi connectivity index (χ0n) is 9.05. The number of amides is 1. The molecule has 6 heteroatoms. The summed E-state index contributed by atoms with van der Waals surface area (Å²) in [5.41, 5.74) is -0.505. The number of aromatic nitrogens is 1. The lowest BCUT2D eigenvalue weighted by atomic mass is 10.2. The van der Waals surface area contributed by atoms with E-state index in [1.165, 1.54) is 17.2 Å². The van der Waals surface area contributed by atoms with Crippen molar-refractivity contribution in [3.8, 4) is 0 Å². The number of aromatic amines is 1. The van der Waals surface area contributed by atoms with E-state index in [0.717, 1.165) is 0 Å². The fraction of sp³-hybridized carbons (Fsp3) is 0.364. The number of carboxylic acid groups (broad SMARTS) is 1. The number of pyridine rings is 1. The Balaban J connectivity index is 2.29. The Morgan fingerprint density at radius 2 is 2.24 bits per heavy atom. The van der Waals surface area contributed by atoms with Crippen molar-refractivity contribution in [2.24, 2.45) is 0 Å². The van der Waals surface area contributed by atoms with Gasteiger partial charge in [0.15, 0.2) is 0 Å². The number of likely N-dealkylation sites (tertiary alicyclic amines) is 1. The summed E-state index contributed by atoms with van der Waals surface area (Å²) in [7, 11) is 0. The third-order valence-corrected chi connectivity index (χ3v) is 2.85. The number of carboxylic acids is 1. The van der Waals surface area contributed by atoms with Gasteiger partial charge in [-0.1, -0.05) is 0 Å². The minimum absolute atomic E-state index is 0.0133. The van der Waals surface area contributed by atoms with Crippen molar-refractivity contribution in [3.63, 3.8) is 0 Å². The molecule has 2 heterocycles. The van der Waals surface area contributed by atoms with E-state index in [4.69, 9.17) is 5.11 Å². The minimum atomic E-state index is -1.02. The molecule has 0 aliphatic carbocycles. The maximum absolute atomic E-state index is 12.0. The lowest BCUT2D eigenvalue weighted by Crippen LogP contribution is -2.42. The Morgan fingerprint density at radius 1 is 1.47 bits per heavy atom. The van der Waals surface area contributed by atoms with Crippen LogP contribution in [-0.2, 0) is 4.79 Å². The van der Waals surface area contributed by atoms with Crippen molar-refractivity contribution in [2.45, 2.75) is 18.9 Å². The van der Waals surface area contributed by atoms with Gasteiger partial charge in [0.25, 0.3) is 11.5 Å². The van der Waals surface area contributed by atoms with E-state index in [0.29, 0.717) is 19.4 Å². The van der Waals surface area contributed by atoms with Gasteiger partial charge in [-0.25, -0.2) is 4.79 Å². The second kappa shape index (κ2) is 4.40. The number of hydrogen-bond donors (Lipinski definition) is 2. The SMILES string of the molecule is O=C(O)C1CCCN1C(=O)c1ccc[nH]c1=O. The molecule has 2 N–H and O–H groups in total. The summed E-state index contributed by atoms with van der Waals surface area (Å²) in [4.78, 5) is 38.1. The van der Waals surface area contributed by atoms with E-state index >= 15 is 0 Å². The van der Waals surface area contributed by atoms with Crippen LogP contribution in [0.4, 0.5) is 0 Å². The highest BCUT2D eigenvalue weighted by Gasteiger charge is 2.35. The molecule has 2 rings (SSSR count). The van der Waals surface area contributed by atoms with Gasteiger partial charge >= 0.3 is 5.97 Å². The molecule has 0 bridgehead atoms. The monoisotopic (exact) mass is 236 g/mol. The van der Waals surface area contributed by atoms with Crippen molar-refractivity contribution in [3.05, 3.63) is 34.2 Å². The summed E-state index contributed by atoms with van der Waals surface area (Å²) in [5.74, 6) is -1.54. The van der Waals surface area contributed by atoms with Crippen molar-refractivity contribution in [2.75, 3.05) is 6.54 Å². The molecular formula is C11H12N2O4. The van der Waals surface area contributed by atoms with Gasteiger partial charge in [0.1, 0.15) is 11.6 Å². The molecule has 90 valence electrons. The van der Waals surface area contributed by atoms with Crippen LogP contribution in [0.2, 0.25) is 0 Å². The summed E-state index contributed by atoms with van der Waals surface area (Å²) in [6.45, 7) is 0.379. The molecule has 0 saturated carbocycles. The molecular weight excluding hydrogens is 224 g/mol. The Morgan fingerprint density at radius 3 is 2.88 bits per heavy atom. The topological polar surface area (TPSA) is 90.5 Å². The van der Waals surface area contributed by atoms with Gasteiger partial charge in [-0.05, 0) is 25.0 Å². The first kappa shape index (κ1) is 11.4. The molecule has 6 nitrogen and oxygen atoms in total. The second-order valence-electron chi connectivity index (χ2n) is 3.91. The predicted molar refractivity (Wildman–Crippen MR) is 58.8 cm³/mol. The number of hydrogen-bond acceptors (Lipinski definition) is 3. The van der Waals surface area contributed by atoms with Crippen LogP contribution in [0.5, 0.6) is 0 Å². The average Bonchev–Trinajstić information content (AvgIpc) is 2.77. The largest absolute Gasteiger partial charge is 0.480 e. The number of carbonyl (C=O) groups is 2. The molecule has 0 aromatic carbocycles. The fourth-order valence-corrected chi connectivity index (χ4v) is 2.01. The summed E-state index contributed by atoms with van der Waals surface area (Å²) in [6.07, 6.45) is 2.51. The zero-order chi connectivity index (χ0) is 12.4. The van der Waals surface area contributed by atoms with Crippen LogP contribution in [-0.4, -0.2) is 39.5 Å². The predicted octanol–water partition coefficient (Wildman–Crippen LogP) is 0.0641. The second-order valence-corrected chi connectivity index (χ2v) is 3.91. The Kier molecular flexibility index (Phi) is 2.95. The summed E-state index contributed by atoms with van der Waals surface area (Å²) >= 11 is 0. The number of rotatable bonds is 2. The first-order valence-corrected chi connectivity index (χ1v) is 5.32. The number of nitrogens with one attached hydrogen (secondary N) is 1. The van der Waals surface area contributed by atoms with Crippen molar-refractivity contribution in [1.29, 1.82) is 0 Å². The molecule has 0 radical (unpaired) electrons. The highest BCUT2D eigenvalue weighted by Crippen LogP contribution is 2.19. The van der Waals surface area contributed by atoms with E-state index in [-0.39, 0.29) is 5.56 Å². The van der Waals surface area contributed by atoms with Crippen molar-refractivity contribution in [1.82, 2.24) is 9.88 Å². The minimum Gasteiger partial charge on any atom is -0.480 e. The molecule has 1 amide bonds. The van der Waals surface area contributed by atoms with Crippen molar-refractivity contribution < 1.29 is 14.7 Å². The highest BCUT2D eigenvalue weighted by molar-refractivity contribution is 5.96. The summed E-state index contributed by atoms with van der Waals surface area (Å²) < 4.78 is 0. The number of nitrogens with zero attached hydrogens (tertiary/aromatic N) is 1. The van der Waals surface area contributed by atoms with Crippen LogP contribution in [0.1, 0.15) is 23.2 Å². The van der Waals surface area contributed by atoms with Gasteiger partial charge < -0.3 is 15.0 Å². The first-order valence-electron chi connectivity index (χ1n) is 5.32. The van der Waals surface area contributed by atoms with Crippen molar-refractivity contribution >= 4 is 11.9 Å². The molecule has 17 heavy (non-hydrogen) atoms. The van der Waals surface area contributed by atoms with Crippen LogP contribution in [0.15, 0.2) is 23.1 Å². The van der Waals surface area contributed by atoms with Crippen LogP contribution in [0.25, 0.3) is 0 Å². The molecule has 1 fully saturated rings. The van der Waals surface area contributed by atoms with Gasteiger partial charge in [0.2, 0.25) is 0 Å². The quantitative estimate of drug-likeness (QED) is 0.759. The lowest BCUT2D eigenvalue weighted by molar-refractivity contribution is -0.141. The fourth-order valence-electron chi connectivity index (χ4n) is 2.01. The summed E-state index contributed by atoms with van der Waals surface area (Å²) in [5, 5.41) is 8.97. The average molecular weight is 236 g/mol. The third kappa shape index (κ3) is 2.06. The highest BCUT2D eigenvalue weighted by atomic mass is 16.4. The van der Waals surface area contributed by atoms with Gasteiger partial charge in [-0.2, -0.15) is 0 Å². The lowest BCUT2D eigenvalue weighted by Gasteiger charge is -2.20. The molecule has 1 saturated heterocycles. The maximum atomic E-state index is 12.0. The van der Waals surface area contributed by atoms with E-state index in [9.17, 15) is 14.4 Å². The zero-order valence-corrected chi connectivity index (χ0v) is 9.05. The van der Waals surface area contributed by atoms with Crippen LogP contribution < -0.4 is 5.56 Å². The molecule has 1 aliphatic heterocycles. The van der Waals surface area contributed by atoms with Crippen LogP contribution >= 0.6 is 0 Å². The van der Waals surface area contributed by atoms with E-state index in [2.05, 4.69) is 4.98 Å². The maximum Gasteiger partial charge on any atom is 0.326 e. The smallest absolute Gasteiger partial charge is 0.326 e. The number of H-pyrrole nitrogens is 1. The van der Waals surface area contributed by atoms with E-state index < -0.39 is 23.5 Å². The van der Waals surface area contributed by atoms with E-state index in [1.807, 2.05) is 0 Å². The third-order valence-electron chi connectivity index (χ3n) is 2.85. The Hall–Kier alpha value is -2.11. The van der Waals surface area contributed by atoms with E-state index in [1.54, 1.807) is 6.07 Å². The molecule has 0 spiro atoms. The standard InChI is InChI=1S/C11H12N2O4/c14-9-7(3-1-5-12-9)10(15)13-6-2-4-8(13)11(16)17/h1,3,5,8H,2,4,6H2,(H,12,14)(H,16,17). The normalized spacial score (nSPS) is 19.3. The van der Waals surface area contributed by atoms with Gasteiger partial charge in [0.05, 0.1) is 0 Å². The van der Waals surface area contributed by atoms with Crippen LogP contribution in [0.3, 0.4) is 0 Å².